The number of hydrazone groups is 1. The summed E-state index contributed by atoms with van der Waals surface area (Å²) in [7, 11) is 1.60. The van der Waals surface area contributed by atoms with E-state index in [1.54, 1.807) is 13.2 Å². The van der Waals surface area contributed by atoms with E-state index in [9.17, 15) is 18.4 Å². The third-order valence-corrected chi connectivity index (χ3v) is 6.89. The van der Waals surface area contributed by atoms with E-state index in [-0.39, 0.29) is 47.9 Å². The van der Waals surface area contributed by atoms with Crippen molar-refractivity contribution >= 4 is 22.5 Å². The van der Waals surface area contributed by atoms with Gasteiger partial charge in [0.2, 0.25) is 11.7 Å². The molecule has 9 nitrogen and oxygen atoms in total. The van der Waals surface area contributed by atoms with Gasteiger partial charge in [-0.3, -0.25) is 9.59 Å². The molecule has 4 aromatic rings. The molecular weight excluding hydrogens is 532 g/mol. The number of fused-ring (bicyclic) bond motifs is 1. The molecule has 0 saturated heterocycles. The zero-order valence-corrected chi connectivity index (χ0v) is 22.7. The number of nitrogens with one attached hydrogen (secondary N) is 1. The van der Waals surface area contributed by atoms with Crippen LogP contribution in [0.1, 0.15) is 43.9 Å². The van der Waals surface area contributed by atoms with Gasteiger partial charge in [0.1, 0.15) is 11.3 Å². The van der Waals surface area contributed by atoms with Crippen LogP contribution < -0.4 is 20.5 Å². The van der Waals surface area contributed by atoms with Crippen LogP contribution in [-0.2, 0) is 17.8 Å². The van der Waals surface area contributed by atoms with Gasteiger partial charge in [-0.05, 0) is 55.7 Å². The van der Waals surface area contributed by atoms with E-state index in [2.05, 4.69) is 15.6 Å². The molecule has 2 aromatic carbocycles. The molecule has 5 rings (SSSR count). The third kappa shape index (κ3) is 5.93. The van der Waals surface area contributed by atoms with Gasteiger partial charge in [0.15, 0.2) is 11.6 Å². The summed E-state index contributed by atoms with van der Waals surface area (Å²) in [5, 5.41) is 9.26. The maximum Gasteiger partial charge on any atom is 0.266 e. The number of aromatic nitrogens is 3. The zero-order chi connectivity index (χ0) is 28.9. The summed E-state index contributed by atoms with van der Waals surface area (Å²) < 4.78 is 41.6. The second-order valence-corrected chi connectivity index (χ2v) is 9.54. The van der Waals surface area contributed by atoms with Gasteiger partial charge in [-0.2, -0.15) is 14.6 Å². The molecule has 1 N–H and O–H groups in total. The van der Waals surface area contributed by atoms with Crippen LogP contribution in [0.4, 0.5) is 8.78 Å². The number of pyridine rings is 1. The van der Waals surface area contributed by atoms with Crippen molar-refractivity contribution in [1.82, 2.24) is 20.2 Å². The van der Waals surface area contributed by atoms with Crippen molar-refractivity contribution in [1.29, 1.82) is 0 Å². The average molecular weight is 562 g/mol. The number of hydrogen-bond acceptors (Lipinski definition) is 7. The second kappa shape index (κ2) is 12.2. The van der Waals surface area contributed by atoms with Crippen molar-refractivity contribution in [2.75, 3.05) is 13.7 Å². The fraction of sp³-hybridized carbons (Fsp3) is 0.300. The summed E-state index contributed by atoms with van der Waals surface area (Å²) in [6, 6.07) is 13.6. The van der Waals surface area contributed by atoms with Gasteiger partial charge in [0, 0.05) is 47.7 Å². The summed E-state index contributed by atoms with van der Waals surface area (Å²) in [6.45, 7) is 2.48. The molecule has 41 heavy (non-hydrogen) atoms. The van der Waals surface area contributed by atoms with Gasteiger partial charge in [0.25, 0.3) is 5.56 Å². The number of rotatable bonds is 10. The van der Waals surface area contributed by atoms with Crippen LogP contribution in [0.15, 0.2) is 58.4 Å². The van der Waals surface area contributed by atoms with E-state index in [1.165, 1.54) is 22.9 Å². The number of nitrogens with zero attached hydrogens (tertiary/aromatic N) is 4. The maximum absolute atomic E-state index is 14.6. The lowest BCUT2D eigenvalue weighted by molar-refractivity contribution is -0.121. The van der Waals surface area contributed by atoms with E-state index < -0.39 is 11.6 Å². The topological polar surface area (TPSA) is 108 Å². The second-order valence-electron chi connectivity index (χ2n) is 9.54. The van der Waals surface area contributed by atoms with Crippen LogP contribution in [-0.4, -0.2) is 40.1 Å². The summed E-state index contributed by atoms with van der Waals surface area (Å²) in [6.07, 6.45) is 2.18. The molecule has 0 radical (unpaired) electrons. The molecule has 2 aromatic heterocycles. The number of aryl methyl sites for hydroxylation is 2. The molecule has 1 amide bonds. The van der Waals surface area contributed by atoms with Gasteiger partial charge >= 0.3 is 0 Å². The fourth-order valence-electron chi connectivity index (χ4n) is 4.65. The fourth-order valence-corrected chi connectivity index (χ4v) is 4.65. The Morgan fingerprint density at radius 1 is 0.927 bits per heavy atom. The molecule has 0 saturated carbocycles. The Morgan fingerprint density at radius 2 is 1.73 bits per heavy atom. The van der Waals surface area contributed by atoms with Crippen LogP contribution in [0.5, 0.6) is 11.5 Å². The van der Waals surface area contributed by atoms with Gasteiger partial charge in [-0.15, -0.1) is 0 Å². The molecule has 0 fully saturated rings. The molecule has 0 atom stereocenters. The first-order valence-electron chi connectivity index (χ1n) is 13.4. The van der Waals surface area contributed by atoms with Crippen molar-refractivity contribution in [2.24, 2.45) is 5.10 Å². The molecule has 0 aliphatic carbocycles. The van der Waals surface area contributed by atoms with E-state index in [4.69, 9.17) is 14.5 Å². The minimum absolute atomic E-state index is 0.00796. The van der Waals surface area contributed by atoms with E-state index >= 15 is 0 Å². The molecule has 1 aliphatic heterocycles. The Hall–Kier alpha value is -4.67. The quantitative estimate of drug-likeness (QED) is 0.279. The Balaban J connectivity index is 1.24. The Bertz CT molecular complexity index is 1700. The molecule has 0 spiro atoms. The van der Waals surface area contributed by atoms with Gasteiger partial charge in [-0.1, -0.05) is 13.0 Å². The Labute approximate surface area is 234 Å². The van der Waals surface area contributed by atoms with Gasteiger partial charge in [0.05, 0.1) is 25.1 Å². The minimum Gasteiger partial charge on any atom is -0.494 e. The van der Waals surface area contributed by atoms with Crippen molar-refractivity contribution in [3.05, 3.63) is 81.8 Å². The van der Waals surface area contributed by atoms with Crippen LogP contribution in [0.25, 0.3) is 22.2 Å². The van der Waals surface area contributed by atoms with Crippen LogP contribution in [0.3, 0.4) is 0 Å². The monoisotopic (exact) mass is 561 g/mol. The van der Waals surface area contributed by atoms with Crippen molar-refractivity contribution in [3.8, 4) is 22.8 Å². The first-order valence-corrected chi connectivity index (χ1v) is 13.4. The van der Waals surface area contributed by atoms with Gasteiger partial charge in [-0.25, -0.2) is 19.5 Å². The first kappa shape index (κ1) is 27.9. The Kier molecular flexibility index (Phi) is 8.32. The maximum atomic E-state index is 14.6. The van der Waals surface area contributed by atoms with E-state index in [0.717, 1.165) is 28.6 Å². The normalized spacial score (nSPS) is 13.2. The molecule has 212 valence electrons. The van der Waals surface area contributed by atoms with Crippen molar-refractivity contribution in [2.45, 2.75) is 45.6 Å². The highest BCUT2D eigenvalue weighted by Gasteiger charge is 2.21. The highest BCUT2D eigenvalue weighted by atomic mass is 19.2. The number of halogens is 2. The lowest BCUT2D eigenvalue weighted by Gasteiger charge is -2.14. The number of methoxy groups -OCH3 is 1. The average Bonchev–Trinajstić information content (AvgIpc) is 2.99. The highest BCUT2D eigenvalue weighted by molar-refractivity contribution is 6.04. The highest BCUT2D eigenvalue weighted by Crippen LogP contribution is 2.32. The lowest BCUT2D eigenvalue weighted by atomic mass is 10.0. The number of carbonyl (C=O) groups excluding carboxylic acids is 1. The van der Waals surface area contributed by atoms with Gasteiger partial charge < -0.3 is 9.47 Å². The van der Waals surface area contributed by atoms with Crippen LogP contribution in [0.2, 0.25) is 0 Å². The number of hydrogen-bond donors (Lipinski definition) is 1. The summed E-state index contributed by atoms with van der Waals surface area (Å²) >= 11 is 0. The number of carbonyl (C=O) groups is 1. The predicted molar refractivity (Wildman–Crippen MR) is 150 cm³/mol. The molecular formula is C30H29F2N5O4. The number of unbranched alkanes of at least 4 members (excludes halogenated alkanes) is 1. The predicted octanol–water partition coefficient (Wildman–Crippen LogP) is 4.78. The van der Waals surface area contributed by atoms with Crippen molar-refractivity contribution < 1.29 is 23.0 Å². The standard InChI is InChI=1S/C30H29F2N5O4/c1-3-18-6-7-20-19(8-13-25(40-2)30(20)33-18)23-11-15-27(39)37(36-23)16-4-5-17-41-24-12-9-21(28(31)29(24)32)22-10-14-26(38)35-34-22/h6-9,11-13,15H,3-5,10,14,16-17H2,1-2H3,(H,35,38). The van der Waals surface area contributed by atoms with E-state index in [1.807, 2.05) is 31.2 Å². The third-order valence-electron chi connectivity index (χ3n) is 6.89. The summed E-state index contributed by atoms with van der Waals surface area (Å²) in [5.74, 6) is -2.00. The Morgan fingerprint density at radius 3 is 2.49 bits per heavy atom. The van der Waals surface area contributed by atoms with Crippen LogP contribution >= 0.6 is 0 Å². The zero-order valence-electron chi connectivity index (χ0n) is 22.7. The summed E-state index contributed by atoms with van der Waals surface area (Å²) in [5.41, 5.74) is 5.43. The SMILES string of the molecule is CCc1ccc2c(-c3ccc(=O)n(CCCCOc4ccc(C5=NNC(=O)CC5)c(F)c4F)n3)ccc(OC)c2n1. The number of amides is 1. The van der Waals surface area contributed by atoms with Crippen molar-refractivity contribution in [3.63, 3.8) is 0 Å². The molecule has 3 heterocycles. The van der Waals surface area contributed by atoms with E-state index in [0.29, 0.717) is 30.8 Å². The number of benzene rings is 2. The molecule has 1 aliphatic rings. The minimum atomic E-state index is -1.11. The lowest BCUT2D eigenvalue weighted by Crippen LogP contribution is -2.26. The largest absolute Gasteiger partial charge is 0.494 e. The first-order chi connectivity index (χ1) is 19.9. The molecule has 0 bridgehead atoms. The smallest absolute Gasteiger partial charge is 0.266 e. The summed E-state index contributed by atoms with van der Waals surface area (Å²) in [4.78, 5) is 28.5. The number of ether oxygens (including phenoxy) is 2. The molecule has 11 heteroatoms. The van der Waals surface area contributed by atoms with Crippen LogP contribution in [0, 0.1) is 11.6 Å². The molecule has 0 unspecified atom stereocenters.